The average Bonchev–Trinajstić information content (AvgIpc) is 3.20. The van der Waals surface area contributed by atoms with E-state index in [9.17, 15) is 18.3 Å². The molecule has 1 aliphatic rings. The van der Waals surface area contributed by atoms with Gasteiger partial charge < -0.3 is 14.7 Å². The van der Waals surface area contributed by atoms with Crippen LogP contribution in [0.3, 0.4) is 0 Å². The van der Waals surface area contributed by atoms with E-state index in [-0.39, 0.29) is 5.75 Å². The highest BCUT2D eigenvalue weighted by Gasteiger charge is 2.55. The van der Waals surface area contributed by atoms with Crippen LogP contribution in [-0.4, -0.2) is 51.5 Å². The second kappa shape index (κ2) is 7.10. The van der Waals surface area contributed by atoms with Gasteiger partial charge in [0.1, 0.15) is 11.4 Å². The summed E-state index contributed by atoms with van der Waals surface area (Å²) in [7, 11) is 1.95. The number of nitrogens with zero attached hydrogens (tertiary/aromatic N) is 4. The van der Waals surface area contributed by atoms with Gasteiger partial charge in [-0.05, 0) is 42.4 Å². The minimum absolute atomic E-state index is 0.334. The number of benzene rings is 2. The Morgan fingerprint density at radius 3 is 2.20 bits per heavy atom. The van der Waals surface area contributed by atoms with E-state index >= 15 is 0 Å². The first kappa shape index (κ1) is 20.4. The van der Waals surface area contributed by atoms with Crippen LogP contribution in [0.2, 0.25) is 0 Å². The maximum Gasteiger partial charge on any atom is 0.573 e. The third kappa shape index (κ3) is 3.54. The molecule has 1 N–H and O–H groups in total. The van der Waals surface area contributed by atoms with E-state index in [0.717, 1.165) is 0 Å². The molecule has 0 spiro atoms. The topological polar surface area (TPSA) is 63.4 Å². The largest absolute Gasteiger partial charge is 0.573 e. The Morgan fingerprint density at radius 1 is 1.00 bits per heavy atom. The quantitative estimate of drug-likeness (QED) is 0.689. The normalized spacial score (nSPS) is 18.5. The zero-order chi connectivity index (χ0) is 21.6. The second-order valence-electron chi connectivity index (χ2n) is 7.88. The number of rotatable bonds is 5. The first-order chi connectivity index (χ1) is 14.1. The predicted molar refractivity (Wildman–Crippen MR) is 103 cm³/mol. The van der Waals surface area contributed by atoms with Crippen molar-refractivity contribution in [2.75, 3.05) is 20.1 Å². The molecule has 0 aliphatic carbocycles. The second-order valence-corrected chi connectivity index (χ2v) is 7.88. The van der Waals surface area contributed by atoms with E-state index < -0.39 is 17.4 Å². The summed E-state index contributed by atoms with van der Waals surface area (Å²) in [5.41, 5.74) is -0.233. The molecule has 0 bridgehead atoms. The van der Waals surface area contributed by atoms with Crippen molar-refractivity contribution in [3.8, 4) is 11.4 Å². The van der Waals surface area contributed by atoms with E-state index in [1.807, 2.05) is 20.0 Å². The van der Waals surface area contributed by atoms with Gasteiger partial charge in [-0.3, -0.25) is 0 Å². The Bertz CT molecular complexity index is 1020. The van der Waals surface area contributed by atoms with Gasteiger partial charge in [0.2, 0.25) is 0 Å². The van der Waals surface area contributed by atoms with Crippen LogP contribution in [0.15, 0.2) is 60.9 Å². The van der Waals surface area contributed by atoms with Crippen LogP contribution in [0.25, 0.3) is 5.69 Å². The lowest BCUT2D eigenvalue weighted by atomic mass is 9.62. The van der Waals surface area contributed by atoms with Gasteiger partial charge in [0, 0.05) is 18.5 Å². The van der Waals surface area contributed by atoms with Crippen molar-refractivity contribution >= 4 is 0 Å². The number of hydrogen-bond donors (Lipinski definition) is 1. The SMILES string of the molecule is CN1CC(C)([C@@](O)(c2ccc(OC(F)(F)F)cc2)c2cccc(-n3nccn3)c2)C1. The van der Waals surface area contributed by atoms with E-state index in [2.05, 4.69) is 19.8 Å². The molecule has 158 valence electrons. The molecule has 1 atom stereocenters. The summed E-state index contributed by atoms with van der Waals surface area (Å²) in [4.78, 5) is 3.52. The molecule has 4 rings (SSSR count). The molecule has 3 aromatic rings. The molecule has 6 nitrogen and oxygen atoms in total. The molecular formula is C21H21F3N4O2. The number of aromatic nitrogens is 3. The van der Waals surface area contributed by atoms with Gasteiger partial charge in [-0.15, -0.1) is 13.2 Å². The third-order valence-electron chi connectivity index (χ3n) is 5.53. The molecule has 0 unspecified atom stereocenters. The van der Waals surface area contributed by atoms with Crippen LogP contribution in [0.5, 0.6) is 5.75 Å². The van der Waals surface area contributed by atoms with Crippen molar-refractivity contribution in [2.45, 2.75) is 18.9 Å². The van der Waals surface area contributed by atoms with Crippen LogP contribution >= 0.6 is 0 Å². The van der Waals surface area contributed by atoms with E-state index in [1.165, 1.54) is 29.1 Å². The number of hydrogen-bond acceptors (Lipinski definition) is 5. The lowest BCUT2D eigenvalue weighted by molar-refractivity contribution is -0.274. The Morgan fingerprint density at radius 2 is 1.63 bits per heavy atom. The number of likely N-dealkylation sites (tertiary alicyclic amines) is 1. The number of ether oxygens (including phenoxy) is 1. The summed E-state index contributed by atoms with van der Waals surface area (Å²) in [6.07, 6.45) is -1.66. The Kier molecular flexibility index (Phi) is 4.82. The number of halogens is 3. The molecule has 0 amide bonds. The first-order valence-electron chi connectivity index (χ1n) is 9.35. The number of aliphatic hydroxyl groups is 1. The maximum atomic E-state index is 12.5. The minimum Gasteiger partial charge on any atom is -0.406 e. The molecule has 1 aliphatic heterocycles. The van der Waals surface area contributed by atoms with E-state index in [4.69, 9.17) is 0 Å². The lowest BCUT2D eigenvalue weighted by Crippen LogP contribution is -2.63. The van der Waals surface area contributed by atoms with Gasteiger partial charge in [-0.1, -0.05) is 31.2 Å². The molecule has 1 fully saturated rings. The van der Waals surface area contributed by atoms with Crippen molar-refractivity contribution in [1.82, 2.24) is 19.9 Å². The molecule has 9 heteroatoms. The summed E-state index contributed by atoms with van der Waals surface area (Å²) >= 11 is 0. The van der Waals surface area contributed by atoms with Gasteiger partial charge in [0.25, 0.3) is 0 Å². The van der Waals surface area contributed by atoms with Crippen molar-refractivity contribution in [1.29, 1.82) is 0 Å². The third-order valence-corrected chi connectivity index (χ3v) is 5.53. The fraction of sp³-hybridized carbons (Fsp3) is 0.333. The molecule has 2 aromatic carbocycles. The van der Waals surface area contributed by atoms with Gasteiger partial charge in [0.05, 0.1) is 18.1 Å². The summed E-state index contributed by atoms with van der Waals surface area (Å²) in [6, 6.07) is 12.6. The highest BCUT2D eigenvalue weighted by atomic mass is 19.4. The molecule has 1 saturated heterocycles. The number of alkyl halides is 3. The highest BCUT2D eigenvalue weighted by Crippen LogP contribution is 2.50. The Balaban J connectivity index is 1.78. The van der Waals surface area contributed by atoms with Crippen LogP contribution in [-0.2, 0) is 5.60 Å². The van der Waals surface area contributed by atoms with Gasteiger partial charge >= 0.3 is 6.36 Å². The standard InChI is InChI=1S/C21H21F3N4O2/c1-19(13-27(2)14-19)20(29,15-6-8-18(9-7-15)30-21(22,23)24)16-4-3-5-17(12-16)28-25-10-11-26-28/h3-12,29H,13-14H2,1-2H3/t20-/m1/s1. The summed E-state index contributed by atoms with van der Waals surface area (Å²) in [5, 5.41) is 20.3. The predicted octanol–water partition coefficient (Wildman–Crippen LogP) is 3.35. The van der Waals surface area contributed by atoms with Crippen LogP contribution < -0.4 is 4.74 Å². The minimum atomic E-state index is -4.77. The lowest BCUT2D eigenvalue weighted by Gasteiger charge is -2.56. The molecule has 30 heavy (non-hydrogen) atoms. The van der Waals surface area contributed by atoms with Gasteiger partial charge in [0.15, 0.2) is 0 Å². The molecule has 0 saturated carbocycles. The van der Waals surface area contributed by atoms with Crippen molar-refractivity contribution in [3.63, 3.8) is 0 Å². The fourth-order valence-electron chi connectivity index (χ4n) is 4.34. The smallest absolute Gasteiger partial charge is 0.406 e. The van der Waals surface area contributed by atoms with Crippen LogP contribution in [0.4, 0.5) is 13.2 Å². The summed E-state index contributed by atoms with van der Waals surface area (Å²) in [6.45, 7) is 3.20. The molecular weight excluding hydrogens is 397 g/mol. The monoisotopic (exact) mass is 418 g/mol. The molecule has 1 aromatic heterocycles. The highest BCUT2D eigenvalue weighted by molar-refractivity contribution is 5.46. The molecule has 0 radical (unpaired) electrons. The van der Waals surface area contributed by atoms with Crippen molar-refractivity contribution in [2.24, 2.45) is 5.41 Å². The average molecular weight is 418 g/mol. The Labute approximate surface area is 171 Å². The van der Waals surface area contributed by atoms with E-state index in [0.29, 0.717) is 29.9 Å². The van der Waals surface area contributed by atoms with Crippen LogP contribution in [0, 0.1) is 5.41 Å². The maximum absolute atomic E-state index is 12.5. The first-order valence-corrected chi connectivity index (χ1v) is 9.35. The molecule has 2 heterocycles. The zero-order valence-electron chi connectivity index (χ0n) is 16.5. The Hall–Kier alpha value is -2.91. The summed E-state index contributed by atoms with van der Waals surface area (Å²) in [5.74, 6) is -0.334. The fourth-order valence-corrected chi connectivity index (χ4v) is 4.34. The van der Waals surface area contributed by atoms with Crippen molar-refractivity contribution < 1.29 is 23.0 Å². The summed E-state index contributed by atoms with van der Waals surface area (Å²) < 4.78 is 41.5. The van der Waals surface area contributed by atoms with Gasteiger partial charge in [-0.2, -0.15) is 15.0 Å². The van der Waals surface area contributed by atoms with E-state index in [1.54, 1.807) is 30.6 Å². The van der Waals surface area contributed by atoms with Gasteiger partial charge in [-0.25, -0.2) is 0 Å². The zero-order valence-corrected chi connectivity index (χ0v) is 16.5. The van der Waals surface area contributed by atoms with Crippen LogP contribution in [0.1, 0.15) is 18.1 Å². The van der Waals surface area contributed by atoms with Crippen molar-refractivity contribution in [3.05, 3.63) is 72.1 Å².